The van der Waals surface area contributed by atoms with Crippen molar-refractivity contribution in [3.63, 3.8) is 0 Å². The molecule has 30 heavy (non-hydrogen) atoms. The molecule has 0 saturated carbocycles. The number of benzene rings is 2. The number of hydrogen-bond acceptors (Lipinski definition) is 5. The Morgan fingerprint density at radius 3 is 2.57 bits per heavy atom. The number of nitrogens with one attached hydrogen (secondary N) is 1. The van der Waals surface area contributed by atoms with Gasteiger partial charge in [0.15, 0.2) is 5.16 Å². The third-order valence-electron chi connectivity index (χ3n) is 4.30. The molecule has 2 aromatic carbocycles. The van der Waals surface area contributed by atoms with Crippen molar-refractivity contribution in [2.24, 2.45) is 0 Å². The van der Waals surface area contributed by atoms with E-state index in [1.54, 1.807) is 35.7 Å². The third kappa shape index (κ3) is 4.27. The number of hydrogen-bond donors (Lipinski definition) is 1. The largest absolute Gasteiger partial charge is 0.323 e. The first-order valence-electron chi connectivity index (χ1n) is 8.91. The molecule has 9 heteroatoms. The summed E-state index contributed by atoms with van der Waals surface area (Å²) < 4.78 is 29.7. The van der Waals surface area contributed by atoms with Crippen LogP contribution in [0.25, 0.3) is 10.2 Å². The Hall–Kier alpha value is -3.04. The molecular formula is C21H15F2N3O2S2. The van der Waals surface area contributed by atoms with Crippen molar-refractivity contribution in [2.45, 2.75) is 11.7 Å². The summed E-state index contributed by atoms with van der Waals surface area (Å²) in [7, 11) is 0. The Kier molecular flexibility index (Phi) is 5.91. The van der Waals surface area contributed by atoms with Gasteiger partial charge in [0, 0.05) is 5.56 Å². The topological polar surface area (TPSA) is 64.0 Å². The van der Waals surface area contributed by atoms with Crippen molar-refractivity contribution in [2.75, 3.05) is 11.1 Å². The van der Waals surface area contributed by atoms with Crippen LogP contribution in [0.4, 0.5) is 14.5 Å². The average Bonchev–Trinajstić information content (AvgIpc) is 3.21. The Balaban J connectivity index is 1.61. The van der Waals surface area contributed by atoms with Crippen molar-refractivity contribution < 1.29 is 13.6 Å². The molecule has 1 amide bonds. The number of aromatic nitrogens is 2. The van der Waals surface area contributed by atoms with Crippen LogP contribution in [0.15, 0.2) is 69.9 Å². The highest BCUT2D eigenvalue weighted by atomic mass is 32.2. The molecule has 0 aliphatic rings. The van der Waals surface area contributed by atoms with Crippen molar-refractivity contribution >= 4 is 44.9 Å². The predicted molar refractivity (Wildman–Crippen MR) is 115 cm³/mol. The molecule has 0 aliphatic carbocycles. The normalized spacial score (nSPS) is 11.0. The summed E-state index contributed by atoms with van der Waals surface area (Å²) >= 11 is 2.30. The maximum atomic E-state index is 14.1. The Labute approximate surface area is 178 Å². The van der Waals surface area contributed by atoms with E-state index >= 15 is 0 Å². The molecule has 0 unspecified atom stereocenters. The molecule has 5 nitrogen and oxygen atoms in total. The SMILES string of the molecule is O=C(CSc1nc2ccsc2c(=O)n1Cc1ccccc1F)Nc1ccccc1F. The lowest BCUT2D eigenvalue weighted by molar-refractivity contribution is -0.113. The fourth-order valence-corrected chi connectivity index (χ4v) is 4.43. The van der Waals surface area contributed by atoms with Gasteiger partial charge in [0.05, 0.1) is 23.5 Å². The summed E-state index contributed by atoms with van der Waals surface area (Å²) in [6, 6.07) is 13.8. The number of thioether (sulfide) groups is 1. The minimum Gasteiger partial charge on any atom is -0.323 e. The zero-order chi connectivity index (χ0) is 21.1. The lowest BCUT2D eigenvalue weighted by Gasteiger charge is -2.13. The number of fused-ring (bicyclic) bond motifs is 1. The molecule has 0 atom stereocenters. The molecule has 0 bridgehead atoms. The number of amides is 1. The second-order valence-electron chi connectivity index (χ2n) is 6.33. The average molecular weight is 444 g/mol. The fourth-order valence-electron chi connectivity index (χ4n) is 2.85. The van der Waals surface area contributed by atoms with Gasteiger partial charge in [-0.3, -0.25) is 14.2 Å². The third-order valence-corrected chi connectivity index (χ3v) is 6.17. The van der Waals surface area contributed by atoms with Crippen LogP contribution in [0.5, 0.6) is 0 Å². The zero-order valence-electron chi connectivity index (χ0n) is 15.5. The standard InChI is InChI=1S/C21H15F2N3O2S2/c22-14-6-2-1-5-13(14)11-26-20(28)19-17(9-10-29-19)25-21(26)30-12-18(27)24-16-8-4-3-7-15(16)23/h1-10H,11-12H2,(H,24,27). The Morgan fingerprint density at radius 2 is 1.80 bits per heavy atom. The minimum atomic E-state index is -0.537. The first kappa shape index (κ1) is 20.2. The van der Waals surface area contributed by atoms with Gasteiger partial charge in [0.1, 0.15) is 16.3 Å². The summed E-state index contributed by atoms with van der Waals surface area (Å²) in [5, 5.41) is 4.54. The lowest BCUT2D eigenvalue weighted by atomic mass is 10.2. The molecular weight excluding hydrogens is 428 g/mol. The van der Waals surface area contributed by atoms with Crippen molar-refractivity contribution in [3.05, 3.63) is 87.5 Å². The van der Waals surface area contributed by atoms with Crippen LogP contribution in [0, 0.1) is 11.6 Å². The van der Waals surface area contributed by atoms with Gasteiger partial charge < -0.3 is 5.32 Å². The van der Waals surface area contributed by atoms with Crippen molar-refractivity contribution in [1.29, 1.82) is 0 Å². The predicted octanol–water partition coefficient (Wildman–Crippen LogP) is 4.52. The van der Waals surface area contributed by atoms with E-state index in [-0.39, 0.29) is 28.7 Å². The number of thiophene rings is 1. The number of rotatable bonds is 6. The maximum Gasteiger partial charge on any atom is 0.272 e. The molecule has 152 valence electrons. The number of anilines is 1. The maximum absolute atomic E-state index is 14.1. The molecule has 0 saturated heterocycles. The molecule has 0 aliphatic heterocycles. The lowest BCUT2D eigenvalue weighted by Crippen LogP contribution is -2.24. The van der Waals surface area contributed by atoms with E-state index in [4.69, 9.17) is 0 Å². The van der Waals surface area contributed by atoms with E-state index in [0.29, 0.717) is 15.8 Å². The summed E-state index contributed by atoms with van der Waals surface area (Å²) in [6.45, 7) is -0.0103. The molecule has 2 heterocycles. The van der Waals surface area contributed by atoms with E-state index < -0.39 is 17.5 Å². The Morgan fingerprint density at radius 1 is 1.07 bits per heavy atom. The number of carbonyl (C=O) groups excluding carboxylic acids is 1. The van der Waals surface area contributed by atoms with Crippen LogP contribution < -0.4 is 10.9 Å². The van der Waals surface area contributed by atoms with Gasteiger partial charge in [-0.2, -0.15) is 0 Å². The van der Waals surface area contributed by atoms with Gasteiger partial charge in [-0.05, 0) is 29.6 Å². The summed E-state index contributed by atoms with van der Waals surface area (Å²) in [6.07, 6.45) is 0. The summed E-state index contributed by atoms with van der Waals surface area (Å²) in [4.78, 5) is 29.7. The van der Waals surface area contributed by atoms with E-state index in [1.165, 1.54) is 40.2 Å². The van der Waals surface area contributed by atoms with E-state index in [1.807, 2.05) is 0 Å². The molecule has 4 rings (SSSR count). The van der Waals surface area contributed by atoms with Crippen LogP contribution >= 0.6 is 23.1 Å². The first-order valence-corrected chi connectivity index (χ1v) is 10.8. The van der Waals surface area contributed by atoms with Gasteiger partial charge in [-0.15, -0.1) is 11.3 Å². The van der Waals surface area contributed by atoms with Gasteiger partial charge in [0.2, 0.25) is 5.91 Å². The summed E-state index contributed by atoms with van der Waals surface area (Å²) in [5.41, 5.74) is 0.644. The van der Waals surface area contributed by atoms with Crippen LogP contribution in [-0.4, -0.2) is 21.2 Å². The van der Waals surface area contributed by atoms with Crippen LogP contribution in [0.2, 0.25) is 0 Å². The monoisotopic (exact) mass is 443 g/mol. The fraction of sp³-hybridized carbons (Fsp3) is 0.0952. The van der Waals surface area contributed by atoms with Gasteiger partial charge in [0.25, 0.3) is 5.56 Å². The molecule has 0 radical (unpaired) electrons. The molecule has 0 spiro atoms. The van der Waals surface area contributed by atoms with Crippen molar-refractivity contribution in [1.82, 2.24) is 9.55 Å². The molecule has 1 N–H and O–H groups in total. The van der Waals surface area contributed by atoms with E-state index in [0.717, 1.165) is 11.8 Å². The molecule has 2 aromatic heterocycles. The zero-order valence-corrected chi connectivity index (χ0v) is 17.1. The first-order chi connectivity index (χ1) is 14.5. The van der Waals surface area contributed by atoms with E-state index in [9.17, 15) is 18.4 Å². The molecule has 4 aromatic rings. The highest BCUT2D eigenvalue weighted by molar-refractivity contribution is 7.99. The second kappa shape index (κ2) is 8.76. The summed E-state index contributed by atoms with van der Waals surface area (Å²) in [5.74, 6) is -1.50. The minimum absolute atomic E-state index is 0.0103. The van der Waals surface area contributed by atoms with Gasteiger partial charge in [-0.1, -0.05) is 42.1 Å². The smallest absolute Gasteiger partial charge is 0.272 e. The quantitative estimate of drug-likeness (QED) is 0.352. The van der Waals surface area contributed by atoms with Gasteiger partial charge in [-0.25, -0.2) is 13.8 Å². The Bertz CT molecular complexity index is 1290. The number of para-hydroxylation sites is 1. The number of halogens is 2. The van der Waals surface area contributed by atoms with Gasteiger partial charge >= 0.3 is 0 Å². The van der Waals surface area contributed by atoms with Crippen LogP contribution in [0.3, 0.4) is 0 Å². The van der Waals surface area contributed by atoms with Crippen molar-refractivity contribution in [3.8, 4) is 0 Å². The van der Waals surface area contributed by atoms with E-state index in [2.05, 4.69) is 10.3 Å². The van der Waals surface area contributed by atoms with Crippen LogP contribution in [0.1, 0.15) is 5.56 Å². The highest BCUT2D eigenvalue weighted by Crippen LogP contribution is 2.23. The number of nitrogens with zero attached hydrogens (tertiary/aromatic N) is 2. The second-order valence-corrected chi connectivity index (χ2v) is 8.19. The highest BCUT2D eigenvalue weighted by Gasteiger charge is 2.16. The molecule has 0 fully saturated rings. The van der Waals surface area contributed by atoms with Crippen LogP contribution in [-0.2, 0) is 11.3 Å². The number of carbonyl (C=O) groups is 1.